The van der Waals surface area contributed by atoms with Gasteiger partial charge in [0.2, 0.25) is 0 Å². The maximum Gasteiger partial charge on any atom is 0.434 e. The topological polar surface area (TPSA) is 97.4 Å². The second-order valence-corrected chi connectivity index (χ2v) is 9.27. The van der Waals surface area contributed by atoms with E-state index in [1.807, 2.05) is 0 Å². The van der Waals surface area contributed by atoms with Gasteiger partial charge in [-0.05, 0) is 54.4 Å². The number of hydrazine groups is 1. The number of imide groups is 1. The summed E-state index contributed by atoms with van der Waals surface area (Å²) < 4.78 is 54.3. The Morgan fingerprint density at radius 3 is 1.87 bits per heavy atom. The molecule has 1 N–H and O–H groups in total. The first-order valence-corrected chi connectivity index (χ1v) is 9.83. The molecule has 1 aliphatic heterocycles. The number of rotatable bonds is 4. The first-order valence-electron chi connectivity index (χ1n) is 9.83. The van der Waals surface area contributed by atoms with Crippen LogP contribution in [0.4, 0.5) is 22.8 Å². The number of carbonyl (C=O) groups excluding carboxylic acids is 3. The molecule has 180 valence electrons. The van der Waals surface area contributed by atoms with Crippen molar-refractivity contribution in [2.24, 2.45) is 5.92 Å². The summed E-state index contributed by atoms with van der Waals surface area (Å²) in [5.41, 5.74) is 0.524. The van der Waals surface area contributed by atoms with E-state index < -0.39 is 54.2 Å². The molecule has 2 atom stereocenters. The first kappa shape index (κ1) is 27.0. The Labute approximate surface area is 180 Å². The molecular weight excluding hydrogens is 423 g/mol. The molecule has 1 saturated heterocycles. The molecular formula is C19H32F3N3O6. The van der Waals surface area contributed by atoms with Crippen LogP contribution in [0.25, 0.3) is 0 Å². The normalized spacial score (nSPS) is 20.7. The van der Waals surface area contributed by atoms with Crippen molar-refractivity contribution >= 4 is 18.2 Å². The van der Waals surface area contributed by atoms with Crippen molar-refractivity contribution in [2.75, 3.05) is 20.2 Å². The van der Waals surface area contributed by atoms with Crippen molar-refractivity contribution in [3.05, 3.63) is 0 Å². The number of carbonyl (C=O) groups is 3. The number of piperidine rings is 1. The molecule has 0 aromatic rings. The fourth-order valence-electron chi connectivity index (χ4n) is 2.89. The third kappa shape index (κ3) is 9.72. The molecule has 0 aromatic carbocycles. The number of amides is 2. The molecule has 9 nitrogen and oxygen atoms in total. The highest BCUT2D eigenvalue weighted by molar-refractivity contribution is 5.87. The predicted molar refractivity (Wildman–Crippen MR) is 104 cm³/mol. The summed E-state index contributed by atoms with van der Waals surface area (Å²) in [4.78, 5) is 38.2. The fourth-order valence-corrected chi connectivity index (χ4v) is 2.89. The first-order chi connectivity index (χ1) is 13.9. The van der Waals surface area contributed by atoms with Gasteiger partial charge >= 0.3 is 24.3 Å². The zero-order valence-electron chi connectivity index (χ0n) is 19.0. The van der Waals surface area contributed by atoms with Gasteiger partial charge in [0.05, 0.1) is 25.7 Å². The number of nitrogens with one attached hydrogen (secondary N) is 1. The van der Waals surface area contributed by atoms with Crippen molar-refractivity contribution in [3.63, 3.8) is 0 Å². The van der Waals surface area contributed by atoms with Gasteiger partial charge in [0.1, 0.15) is 11.2 Å². The molecule has 0 radical (unpaired) electrons. The smallest absolute Gasteiger partial charge is 0.434 e. The van der Waals surface area contributed by atoms with Crippen molar-refractivity contribution in [1.82, 2.24) is 15.3 Å². The number of hydrogen-bond acceptors (Lipinski definition) is 8. The summed E-state index contributed by atoms with van der Waals surface area (Å²) in [5.74, 6) is -1.29. The number of esters is 1. The van der Waals surface area contributed by atoms with Crippen LogP contribution in [0.2, 0.25) is 0 Å². The summed E-state index contributed by atoms with van der Waals surface area (Å²) >= 11 is 0. The largest absolute Gasteiger partial charge is 0.469 e. The minimum absolute atomic E-state index is 0.104. The summed E-state index contributed by atoms with van der Waals surface area (Å²) in [6.45, 7) is 8.03. The lowest BCUT2D eigenvalue weighted by Crippen LogP contribution is -2.62. The van der Waals surface area contributed by atoms with E-state index in [9.17, 15) is 27.6 Å². The van der Waals surface area contributed by atoms with E-state index in [2.05, 4.69) is 5.43 Å². The van der Waals surface area contributed by atoms with E-state index in [4.69, 9.17) is 14.2 Å². The van der Waals surface area contributed by atoms with Crippen LogP contribution in [-0.2, 0) is 19.0 Å². The molecule has 12 heteroatoms. The number of halogens is 3. The number of alkyl halides is 3. The van der Waals surface area contributed by atoms with E-state index >= 15 is 0 Å². The number of methoxy groups -OCH3 is 1. The van der Waals surface area contributed by atoms with Crippen LogP contribution in [0.15, 0.2) is 0 Å². The summed E-state index contributed by atoms with van der Waals surface area (Å²) in [7, 11) is 1.18. The van der Waals surface area contributed by atoms with E-state index in [-0.39, 0.29) is 19.4 Å². The zero-order chi connectivity index (χ0) is 24.2. The van der Waals surface area contributed by atoms with Crippen molar-refractivity contribution in [1.29, 1.82) is 0 Å². The number of likely N-dealkylation sites (tertiary alicyclic amines) is 1. The lowest BCUT2D eigenvalue weighted by molar-refractivity contribution is -0.164. The van der Waals surface area contributed by atoms with Crippen LogP contribution in [-0.4, -0.2) is 71.8 Å². The molecule has 0 aromatic heterocycles. The molecule has 1 aliphatic rings. The molecule has 1 heterocycles. The third-order valence-electron chi connectivity index (χ3n) is 4.06. The Morgan fingerprint density at radius 1 is 1.00 bits per heavy atom. The molecule has 0 bridgehead atoms. The Morgan fingerprint density at radius 2 is 1.48 bits per heavy atom. The van der Waals surface area contributed by atoms with E-state index in [1.165, 1.54) is 7.11 Å². The van der Waals surface area contributed by atoms with Crippen molar-refractivity contribution < 1.29 is 41.8 Å². The van der Waals surface area contributed by atoms with Gasteiger partial charge in [0.15, 0.2) is 0 Å². The minimum atomic E-state index is -4.53. The van der Waals surface area contributed by atoms with Gasteiger partial charge in [-0.3, -0.25) is 9.69 Å². The molecule has 0 spiro atoms. The maximum absolute atomic E-state index is 13.1. The SMILES string of the molecule is COC(=O)C1CCN(CC(F)(F)F)C(NN(C(=O)OC(C)(C)C)C(=O)OC(C)(C)C)C1. The van der Waals surface area contributed by atoms with Crippen LogP contribution in [0.5, 0.6) is 0 Å². The summed E-state index contributed by atoms with van der Waals surface area (Å²) in [6, 6.07) is 0. The third-order valence-corrected chi connectivity index (χ3v) is 4.06. The highest BCUT2D eigenvalue weighted by atomic mass is 19.4. The van der Waals surface area contributed by atoms with Crippen LogP contribution < -0.4 is 5.43 Å². The lowest BCUT2D eigenvalue weighted by Gasteiger charge is -2.41. The van der Waals surface area contributed by atoms with Crippen molar-refractivity contribution in [2.45, 2.75) is 77.9 Å². The quantitative estimate of drug-likeness (QED) is 0.391. The number of nitrogens with zero attached hydrogens (tertiary/aromatic N) is 2. The Bertz CT molecular complexity index is 630. The average Bonchev–Trinajstić information content (AvgIpc) is 2.55. The molecule has 1 rings (SSSR count). The van der Waals surface area contributed by atoms with E-state index in [0.29, 0.717) is 5.01 Å². The molecule has 1 fully saturated rings. The number of ether oxygens (including phenoxy) is 3. The highest BCUT2D eigenvalue weighted by Gasteiger charge is 2.42. The summed E-state index contributed by atoms with van der Waals surface area (Å²) in [6.07, 6.45) is -7.98. The standard InChI is InChI=1S/C19H32F3N3O6/c1-17(2,3)30-15(27)25(16(28)31-18(4,5)6)23-13-10-12(14(26)29-7)8-9-24(13)11-19(20,21)22/h12-13,23H,8-11H2,1-7H3. The molecule has 0 aliphatic carbocycles. The van der Waals surface area contributed by atoms with Gasteiger partial charge < -0.3 is 14.2 Å². The van der Waals surface area contributed by atoms with Gasteiger partial charge in [-0.15, -0.1) is 5.01 Å². The second-order valence-electron chi connectivity index (χ2n) is 9.27. The van der Waals surface area contributed by atoms with Gasteiger partial charge in [-0.1, -0.05) is 0 Å². The van der Waals surface area contributed by atoms with E-state index in [0.717, 1.165) is 4.90 Å². The predicted octanol–water partition coefficient (Wildman–Crippen LogP) is 3.44. The molecule has 31 heavy (non-hydrogen) atoms. The van der Waals surface area contributed by atoms with Crippen molar-refractivity contribution in [3.8, 4) is 0 Å². The zero-order valence-corrected chi connectivity index (χ0v) is 19.0. The Balaban J connectivity index is 3.18. The van der Waals surface area contributed by atoms with Gasteiger partial charge in [-0.2, -0.15) is 13.2 Å². The average molecular weight is 455 g/mol. The highest BCUT2D eigenvalue weighted by Crippen LogP contribution is 2.27. The van der Waals surface area contributed by atoms with Crippen LogP contribution in [0, 0.1) is 5.92 Å². The molecule has 0 saturated carbocycles. The van der Waals surface area contributed by atoms with Crippen LogP contribution >= 0.6 is 0 Å². The lowest BCUT2D eigenvalue weighted by atomic mass is 9.94. The Hall–Kier alpha value is -2.08. The monoisotopic (exact) mass is 455 g/mol. The van der Waals surface area contributed by atoms with E-state index in [1.54, 1.807) is 41.5 Å². The summed E-state index contributed by atoms with van der Waals surface area (Å²) in [5, 5.41) is 0.407. The second kappa shape index (κ2) is 10.0. The fraction of sp³-hybridized carbons (Fsp3) is 0.842. The van der Waals surface area contributed by atoms with Gasteiger partial charge in [-0.25, -0.2) is 15.0 Å². The minimum Gasteiger partial charge on any atom is -0.469 e. The number of hydrogen-bond donors (Lipinski definition) is 1. The van der Waals surface area contributed by atoms with Gasteiger partial charge in [0, 0.05) is 6.54 Å². The Kier molecular flexibility index (Phi) is 8.72. The van der Waals surface area contributed by atoms with Crippen LogP contribution in [0.3, 0.4) is 0 Å². The molecule has 2 unspecified atom stereocenters. The van der Waals surface area contributed by atoms with Crippen LogP contribution in [0.1, 0.15) is 54.4 Å². The van der Waals surface area contributed by atoms with Gasteiger partial charge in [0.25, 0.3) is 0 Å². The molecule has 2 amide bonds. The maximum atomic E-state index is 13.1.